The molecule has 5 rings (SSSR count). The predicted octanol–water partition coefficient (Wildman–Crippen LogP) is 3.46. The van der Waals surface area contributed by atoms with Gasteiger partial charge in [0.1, 0.15) is 0 Å². The molecule has 2 saturated heterocycles. The van der Waals surface area contributed by atoms with Crippen LogP contribution in [0.25, 0.3) is 0 Å². The van der Waals surface area contributed by atoms with E-state index in [4.69, 9.17) is 0 Å². The Labute approximate surface area is 159 Å². The Hall–Kier alpha value is -0.900. The third-order valence-electron chi connectivity index (χ3n) is 7.84. The highest BCUT2D eigenvalue weighted by Gasteiger charge is 2.43. The minimum atomic E-state index is 0.837. The Morgan fingerprint density at radius 1 is 0.731 bits per heavy atom. The molecular weight excluding hydrogens is 318 g/mol. The molecule has 4 aliphatic rings. The van der Waals surface area contributed by atoms with E-state index >= 15 is 0 Å². The van der Waals surface area contributed by atoms with Crippen LogP contribution in [0.4, 0.5) is 0 Å². The van der Waals surface area contributed by atoms with Gasteiger partial charge in [-0.15, -0.1) is 0 Å². The van der Waals surface area contributed by atoms with E-state index < -0.39 is 0 Å². The zero-order valence-electron chi connectivity index (χ0n) is 16.2. The fraction of sp³-hybridized carbons (Fsp3) is 0.739. The quantitative estimate of drug-likeness (QED) is 0.821. The molecule has 3 unspecified atom stereocenters. The Kier molecular flexibility index (Phi) is 5.04. The molecule has 0 radical (unpaired) electrons. The molecule has 142 valence electrons. The van der Waals surface area contributed by atoms with Crippen LogP contribution in [0, 0.1) is 11.8 Å². The SMILES string of the molecule is c1ccc(CN2CCC(N3CCN(C4CC5CCC4C5)CC3)CC2)cc1. The molecule has 1 aromatic rings. The second-order valence-electron chi connectivity index (χ2n) is 9.31. The van der Waals surface area contributed by atoms with Crippen molar-refractivity contribution in [3.8, 4) is 0 Å². The summed E-state index contributed by atoms with van der Waals surface area (Å²) in [6, 6.07) is 12.8. The van der Waals surface area contributed by atoms with Crippen LogP contribution >= 0.6 is 0 Å². The van der Waals surface area contributed by atoms with E-state index in [1.54, 1.807) is 6.42 Å². The van der Waals surface area contributed by atoms with Crippen LogP contribution in [0.1, 0.15) is 44.1 Å². The first-order chi connectivity index (χ1) is 12.8. The van der Waals surface area contributed by atoms with Crippen molar-refractivity contribution in [3.63, 3.8) is 0 Å². The summed E-state index contributed by atoms with van der Waals surface area (Å²) in [7, 11) is 0. The second kappa shape index (κ2) is 7.61. The van der Waals surface area contributed by atoms with Crippen LogP contribution in [-0.4, -0.2) is 66.1 Å². The normalized spacial score (nSPS) is 34.5. The molecule has 0 spiro atoms. The third kappa shape index (κ3) is 3.58. The van der Waals surface area contributed by atoms with Gasteiger partial charge in [0.2, 0.25) is 0 Å². The molecule has 26 heavy (non-hydrogen) atoms. The van der Waals surface area contributed by atoms with Crippen LogP contribution in [0.5, 0.6) is 0 Å². The summed E-state index contributed by atoms with van der Waals surface area (Å²) >= 11 is 0. The Morgan fingerprint density at radius 3 is 2.12 bits per heavy atom. The first-order valence-corrected chi connectivity index (χ1v) is 11.1. The topological polar surface area (TPSA) is 9.72 Å². The molecule has 2 saturated carbocycles. The van der Waals surface area contributed by atoms with E-state index in [0.717, 1.165) is 30.5 Å². The molecular formula is C23H35N3. The van der Waals surface area contributed by atoms with E-state index in [1.165, 1.54) is 76.9 Å². The molecule has 3 heteroatoms. The number of nitrogens with zero attached hydrogens (tertiary/aromatic N) is 3. The summed E-state index contributed by atoms with van der Waals surface area (Å²) in [5, 5.41) is 0. The standard InChI is InChI=1S/C23H35N3/c1-2-4-19(5-3-1)18-24-10-8-22(9-11-24)25-12-14-26(15-13-25)23-17-20-6-7-21(23)16-20/h1-5,20-23H,6-18H2. The lowest BCUT2D eigenvalue weighted by atomic mass is 9.93. The summed E-state index contributed by atoms with van der Waals surface area (Å²) in [4.78, 5) is 8.34. The number of rotatable bonds is 4. The minimum absolute atomic E-state index is 0.837. The fourth-order valence-electron chi connectivity index (χ4n) is 6.38. The largest absolute Gasteiger partial charge is 0.299 e. The van der Waals surface area contributed by atoms with Crippen molar-refractivity contribution in [1.29, 1.82) is 0 Å². The average molecular weight is 354 g/mol. The van der Waals surface area contributed by atoms with Gasteiger partial charge >= 0.3 is 0 Å². The Bertz CT molecular complexity index is 572. The summed E-state index contributed by atoms with van der Waals surface area (Å²) < 4.78 is 0. The van der Waals surface area contributed by atoms with Gasteiger partial charge in [0, 0.05) is 44.8 Å². The molecule has 0 N–H and O–H groups in total. The molecule has 0 aromatic heterocycles. The number of piperidine rings is 1. The molecule has 2 aliphatic heterocycles. The van der Waals surface area contributed by atoms with Gasteiger partial charge in [-0.1, -0.05) is 36.8 Å². The number of hydrogen-bond donors (Lipinski definition) is 0. The van der Waals surface area contributed by atoms with Crippen molar-refractivity contribution in [1.82, 2.24) is 14.7 Å². The smallest absolute Gasteiger partial charge is 0.0233 e. The molecule has 2 heterocycles. The summed E-state index contributed by atoms with van der Waals surface area (Å²) in [5.41, 5.74) is 1.46. The summed E-state index contributed by atoms with van der Waals surface area (Å²) in [6.07, 6.45) is 8.84. The van der Waals surface area contributed by atoms with Crippen molar-refractivity contribution in [2.75, 3.05) is 39.3 Å². The van der Waals surface area contributed by atoms with E-state index in [-0.39, 0.29) is 0 Å². The monoisotopic (exact) mass is 353 g/mol. The van der Waals surface area contributed by atoms with Gasteiger partial charge in [-0.25, -0.2) is 0 Å². The highest BCUT2D eigenvalue weighted by atomic mass is 15.3. The van der Waals surface area contributed by atoms with Gasteiger partial charge in [0.25, 0.3) is 0 Å². The van der Waals surface area contributed by atoms with Gasteiger partial charge in [-0.3, -0.25) is 14.7 Å². The van der Waals surface area contributed by atoms with Gasteiger partial charge in [0.05, 0.1) is 0 Å². The molecule has 2 aliphatic carbocycles. The van der Waals surface area contributed by atoms with Crippen molar-refractivity contribution >= 4 is 0 Å². The number of likely N-dealkylation sites (tertiary alicyclic amines) is 1. The van der Waals surface area contributed by atoms with Crippen LogP contribution < -0.4 is 0 Å². The summed E-state index contributed by atoms with van der Waals surface area (Å²) in [5.74, 6) is 2.13. The lowest BCUT2D eigenvalue weighted by Crippen LogP contribution is -2.55. The van der Waals surface area contributed by atoms with Crippen molar-refractivity contribution in [3.05, 3.63) is 35.9 Å². The maximum absolute atomic E-state index is 2.87. The van der Waals surface area contributed by atoms with E-state index in [1.807, 2.05) is 0 Å². The first-order valence-electron chi connectivity index (χ1n) is 11.1. The number of piperazine rings is 1. The second-order valence-corrected chi connectivity index (χ2v) is 9.31. The first kappa shape index (κ1) is 17.2. The van der Waals surface area contributed by atoms with Crippen LogP contribution in [0.15, 0.2) is 30.3 Å². The van der Waals surface area contributed by atoms with Gasteiger partial charge in [0.15, 0.2) is 0 Å². The number of benzene rings is 1. The van der Waals surface area contributed by atoms with Crippen molar-refractivity contribution in [2.45, 2.75) is 57.2 Å². The van der Waals surface area contributed by atoms with Crippen molar-refractivity contribution in [2.24, 2.45) is 11.8 Å². The lowest BCUT2D eigenvalue weighted by Gasteiger charge is -2.45. The minimum Gasteiger partial charge on any atom is -0.299 e. The zero-order valence-corrected chi connectivity index (χ0v) is 16.2. The zero-order chi connectivity index (χ0) is 17.3. The third-order valence-corrected chi connectivity index (χ3v) is 7.84. The van der Waals surface area contributed by atoms with Gasteiger partial charge in [-0.2, -0.15) is 0 Å². The molecule has 4 fully saturated rings. The highest BCUT2D eigenvalue weighted by molar-refractivity contribution is 5.14. The Morgan fingerprint density at radius 2 is 1.46 bits per heavy atom. The van der Waals surface area contributed by atoms with Gasteiger partial charge in [-0.05, 0) is 62.6 Å². The van der Waals surface area contributed by atoms with Crippen LogP contribution in [-0.2, 0) is 6.54 Å². The van der Waals surface area contributed by atoms with Gasteiger partial charge < -0.3 is 0 Å². The van der Waals surface area contributed by atoms with E-state index in [0.29, 0.717) is 0 Å². The van der Waals surface area contributed by atoms with Crippen LogP contribution in [0.3, 0.4) is 0 Å². The predicted molar refractivity (Wildman–Crippen MR) is 107 cm³/mol. The average Bonchev–Trinajstić information content (AvgIpc) is 3.33. The Balaban J connectivity index is 1.07. The molecule has 3 nitrogen and oxygen atoms in total. The number of hydrogen-bond acceptors (Lipinski definition) is 3. The van der Waals surface area contributed by atoms with Crippen molar-refractivity contribution < 1.29 is 0 Å². The molecule has 3 atom stereocenters. The maximum Gasteiger partial charge on any atom is 0.0233 e. The lowest BCUT2D eigenvalue weighted by molar-refractivity contribution is 0.0296. The summed E-state index contributed by atoms with van der Waals surface area (Å²) in [6.45, 7) is 8.97. The molecule has 2 bridgehead atoms. The van der Waals surface area contributed by atoms with Crippen LogP contribution in [0.2, 0.25) is 0 Å². The molecule has 0 amide bonds. The fourth-order valence-corrected chi connectivity index (χ4v) is 6.38. The highest BCUT2D eigenvalue weighted by Crippen LogP contribution is 2.46. The number of fused-ring (bicyclic) bond motifs is 2. The maximum atomic E-state index is 2.87. The molecule has 1 aromatic carbocycles. The van der Waals surface area contributed by atoms with E-state index in [9.17, 15) is 0 Å². The van der Waals surface area contributed by atoms with E-state index in [2.05, 4.69) is 45.0 Å².